The maximum atomic E-state index is 12.4. The first-order valence-corrected chi connectivity index (χ1v) is 9.10. The molecule has 2 amide bonds. The van der Waals surface area contributed by atoms with Crippen molar-refractivity contribution in [2.45, 2.75) is 0 Å². The van der Waals surface area contributed by atoms with Gasteiger partial charge in [-0.15, -0.1) is 0 Å². The number of hydrogen-bond acceptors (Lipinski definition) is 4. The molecule has 0 unspecified atom stereocenters. The van der Waals surface area contributed by atoms with Crippen LogP contribution in [0.1, 0.15) is 20.7 Å². The Balaban J connectivity index is 1.61. The summed E-state index contributed by atoms with van der Waals surface area (Å²) < 4.78 is 5.10. The molecular formula is C23H23N3O3. The van der Waals surface area contributed by atoms with Gasteiger partial charge in [-0.2, -0.15) is 0 Å². The average molecular weight is 389 g/mol. The zero-order chi connectivity index (χ0) is 20.8. The minimum Gasteiger partial charge on any atom is -0.497 e. The Morgan fingerprint density at radius 2 is 1.10 bits per heavy atom. The lowest BCUT2D eigenvalue weighted by molar-refractivity contribution is 0.102. The average Bonchev–Trinajstić information content (AvgIpc) is 2.74. The Morgan fingerprint density at radius 3 is 1.52 bits per heavy atom. The molecule has 3 rings (SSSR count). The number of rotatable bonds is 6. The molecule has 0 spiro atoms. The van der Waals surface area contributed by atoms with Crippen LogP contribution in [-0.2, 0) is 0 Å². The zero-order valence-corrected chi connectivity index (χ0v) is 16.6. The third kappa shape index (κ3) is 5.13. The molecule has 0 saturated carbocycles. The van der Waals surface area contributed by atoms with Crippen molar-refractivity contribution in [3.63, 3.8) is 0 Å². The molecule has 0 saturated heterocycles. The van der Waals surface area contributed by atoms with E-state index in [4.69, 9.17) is 4.74 Å². The quantitative estimate of drug-likeness (QED) is 0.661. The molecule has 0 aliphatic carbocycles. The van der Waals surface area contributed by atoms with Crippen LogP contribution in [0.25, 0.3) is 0 Å². The molecule has 0 aliphatic heterocycles. The highest BCUT2D eigenvalue weighted by Crippen LogP contribution is 2.18. The van der Waals surface area contributed by atoms with E-state index >= 15 is 0 Å². The Hall–Kier alpha value is -3.80. The second kappa shape index (κ2) is 8.93. The van der Waals surface area contributed by atoms with Gasteiger partial charge in [-0.3, -0.25) is 9.59 Å². The minimum absolute atomic E-state index is 0.203. The number of ether oxygens (including phenoxy) is 1. The molecule has 148 valence electrons. The number of nitrogens with one attached hydrogen (secondary N) is 2. The van der Waals surface area contributed by atoms with Crippen molar-refractivity contribution < 1.29 is 14.3 Å². The summed E-state index contributed by atoms with van der Waals surface area (Å²) in [5.41, 5.74) is 3.38. The van der Waals surface area contributed by atoms with Gasteiger partial charge in [0.1, 0.15) is 5.75 Å². The fraction of sp³-hybridized carbons (Fsp3) is 0.130. The highest BCUT2D eigenvalue weighted by atomic mass is 16.5. The normalized spacial score (nSPS) is 10.2. The van der Waals surface area contributed by atoms with E-state index in [1.54, 1.807) is 67.8 Å². The molecule has 0 heterocycles. The van der Waals surface area contributed by atoms with E-state index in [9.17, 15) is 9.59 Å². The third-order valence-corrected chi connectivity index (χ3v) is 4.40. The number of carbonyl (C=O) groups is 2. The Bertz CT molecular complexity index is 979. The summed E-state index contributed by atoms with van der Waals surface area (Å²) in [6.45, 7) is 0. The Kier molecular flexibility index (Phi) is 6.14. The first kappa shape index (κ1) is 19.9. The van der Waals surface area contributed by atoms with E-state index in [0.29, 0.717) is 22.5 Å². The Morgan fingerprint density at radius 1 is 0.690 bits per heavy atom. The van der Waals surface area contributed by atoms with Crippen LogP contribution >= 0.6 is 0 Å². The van der Waals surface area contributed by atoms with E-state index in [0.717, 1.165) is 11.4 Å². The van der Waals surface area contributed by atoms with Gasteiger partial charge >= 0.3 is 0 Å². The minimum atomic E-state index is -0.229. The van der Waals surface area contributed by atoms with E-state index < -0.39 is 0 Å². The first-order chi connectivity index (χ1) is 14.0. The maximum absolute atomic E-state index is 12.4. The summed E-state index contributed by atoms with van der Waals surface area (Å²) in [6.07, 6.45) is 0. The van der Waals surface area contributed by atoms with Crippen molar-refractivity contribution in [1.82, 2.24) is 0 Å². The number of carbonyl (C=O) groups excluding carboxylic acids is 2. The van der Waals surface area contributed by atoms with E-state index in [-0.39, 0.29) is 11.8 Å². The standard InChI is InChI=1S/C23H23N3O3/c1-26(2)20-12-6-17(7-13-20)23(28)24-18-8-4-16(5-9-18)22(27)25-19-10-14-21(29-3)15-11-19/h4-15H,1-3H3,(H,24,28)(H,25,27). The van der Waals surface area contributed by atoms with Crippen LogP contribution in [0.2, 0.25) is 0 Å². The van der Waals surface area contributed by atoms with Crippen molar-refractivity contribution in [3.8, 4) is 5.75 Å². The molecule has 6 nitrogen and oxygen atoms in total. The summed E-state index contributed by atoms with van der Waals surface area (Å²) in [5.74, 6) is 0.289. The van der Waals surface area contributed by atoms with Crippen molar-refractivity contribution in [3.05, 3.63) is 83.9 Å². The fourth-order valence-electron chi connectivity index (χ4n) is 2.70. The number of anilines is 3. The molecule has 3 aromatic carbocycles. The van der Waals surface area contributed by atoms with E-state index in [2.05, 4.69) is 10.6 Å². The van der Waals surface area contributed by atoms with Gasteiger partial charge in [-0.1, -0.05) is 0 Å². The molecule has 2 N–H and O–H groups in total. The molecule has 3 aromatic rings. The second-order valence-electron chi connectivity index (χ2n) is 6.66. The fourth-order valence-corrected chi connectivity index (χ4v) is 2.70. The second-order valence-corrected chi connectivity index (χ2v) is 6.66. The summed E-state index contributed by atoms with van der Waals surface area (Å²) in [4.78, 5) is 26.7. The van der Waals surface area contributed by atoms with Crippen LogP contribution < -0.4 is 20.3 Å². The van der Waals surface area contributed by atoms with Crippen molar-refractivity contribution in [1.29, 1.82) is 0 Å². The van der Waals surface area contributed by atoms with Gasteiger partial charge in [0.25, 0.3) is 11.8 Å². The smallest absolute Gasteiger partial charge is 0.255 e. The van der Waals surface area contributed by atoms with Gasteiger partial charge in [0.05, 0.1) is 7.11 Å². The number of nitrogens with zero attached hydrogens (tertiary/aromatic N) is 1. The molecule has 0 fully saturated rings. The first-order valence-electron chi connectivity index (χ1n) is 9.10. The third-order valence-electron chi connectivity index (χ3n) is 4.40. The monoisotopic (exact) mass is 389 g/mol. The topological polar surface area (TPSA) is 70.7 Å². The highest BCUT2D eigenvalue weighted by molar-refractivity contribution is 6.06. The summed E-state index contributed by atoms with van der Waals surface area (Å²) >= 11 is 0. The van der Waals surface area contributed by atoms with E-state index in [1.165, 1.54) is 0 Å². The molecule has 0 aromatic heterocycles. The van der Waals surface area contributed by atoms with Crippen molar-refractivity contribution in [2.75, 3.05) is 36.7 Å². The number of methoxy groups -OCH3 is 1. The van der Waals surface area contributed by atoms with Crippen LogP contribution in [0.5, 0.6) is 5.75 Å². The van der Waals surface area contributed by atoms with Gasteiger partial charge in [-0.25, -0.2) is 0 Å². The summed E-state index contributed by atoms with van der Waals surface area (Å²) in [7, 11) is 5.48. The van der Waals surface area contributed by atoms with Crippen LogP contribution in [-0.4, -0.2) is 33.0 Å². The highest BCUT2D eigenvalue weighted by Gasteiger charge is 2.09. The lowest BCUT2D eigenvalue weighted by Crippen LogP contribution is -2.14. The van der Waals surface area contributed by atoms with Crippen LogP contribution in [0.4, 0.5) is 17.1 Å². The van der Waals surface area contributed by atoms with Crippen molar-refractivity contribution >= 4 is 28.9 Å². The maximum Gasteiger partial charge on any atom is 0.255 e. The van der Waals surface area contributed by atoms with Gasteiger partial charge < -0.3 is 20.3 Å². The summed E-state index contributed by atoms with van der Waals surface area (Å²) in [6, 6.07) is 21.2. The molecule has 29 heavy (non-hydrogen) atoms. The van der Waals surface area contributed by atoms with Gasteiger partial charge in [0, 0.05) is 42.3 Å². The molecule has 0 radical (unpaired) electrons. The molecule has 0 bridgehead atoms. The lowest BCUT2D eigenvalue weighted by Gasteiger charge is -2.12. The lowest BCUT2D eigenvalue weighted by atomic mass is 10.1. The predicted molar refractivity (Wildman–Crippen MR) is 116 cm³/mol. The predicted octanol–water partition coefficient (Wildman–Crippen LogP) is 4.27. The van der Waals surface area contributed by atoms with Gasteiger partial charge in [0.15, 0.2) is 0 Å². The zero-order valence-electron chi connectivity index (χ0n) is 16.6. The van der Waals surface area contributed by atoms with Gasteiger partial charge in [0.2, 0.25) is 0 Å². The number of amides is 2. The SMILES string of the molecule is COc1ccc(NC(=O)c2ccc(NC(=O)c3ccc(N(C)C)cc3)cc2)cc1. The number of benzene rings is 3. The molecule has 6 heteroatoms. The van der Waals surface area contributed by atoms with E-state index in [1.807, 2.05) is 31.1 Å². The van der Waals surface area contributed by atoms with Crippen LogP contribution in [0.3, 0.4) is 0 Å². The molecule has 0 aliphatic rings. The van der Waals surface area contributed by atoms with Crippen LogP contribution in [0.15, 0.2) is 72.8 Å². The van der Waals surface area contributed by atoms with Crippen molar-refractivity contribution in [2.24, 2.45) is 0 Å². The molecule has 0 atom stereocenters. The summed E-state index contributed by atoms with van der Waals surface area (Å²) in [5, 5.41) is 5.66. The number of hydrogen-bond donors (Lipinski definition) is 2. The van der Waals surface area contributed by atoms with Crippen LogP contribution in [0, 0.1) is 0 Å². The molecular weight excluding hydrogens is 366 g/mol. The largest absolute Gasteiger partial charge is 0.497 e. The van der Waals surface area contributed by atoms with Gasteiger partial charge in [-0.05, 0) is 72.8 Å². The Labute approximate surface area is 170 Å².